The van der Waals surface area contributed by atoms with Crippen LogP contribution in [0.3, 0.4) is 0 Å². The van der Waals surface area contributed by atoms with Crippen molar-refractivity contribution in [3.05, 3.63) is 52.0 Å². The molecule has 6 heteroatoms. The first-order valence-corrected chi connectivity index (χ1v) is 8.03. The van der Waals surface area contributed by atoms with Crippen LogP contribution in [-0.4, -0.2) is 12.6 Å². The predicted molar refractivity (Wildman–Crippen MR) is 95.0 cm³/mol. The number of nitrogens with one attached hydrogen (secondary N) is 2. The molecule has 0 atom stereocenters. The van der Waals surface area contributed by atoms with Crippen molar-refractivity contribution >= 4 is 34.9 Å². The van der Waals surface area contributed by atoms with Gasteiger partial charge in [-0.05, 0) is 55.3 Å². The molecular formula is C17H18Cl2N2O2. The van der Waals surface area contributed by atoms with E-state index in [-0.39, 0.29) is 6.03 Å². The Morgan fingerprint density at radius 3 is 2.48 bits per heavy atom. The molecular weight excluding hydrogens is 335 g/mol. The summed E-state index contributed by atoms with van der Waals surface area (Å²) in [5.41, 5.74) is 1.43. The lowest BCUT2D eigenvalue weighted by atomic mass is 10.2. The second kappa shape index (κ2) is 8.09. The molecule has 2 rings (SSSR count). The largest absolute Gasteiger partial charge is 0.456 e. The Morgan fingerprint density at radius 1 is 1.17 bits per heavy atom. The van der Waals surface area contributed by atoms with Crippen LogP contribution in [0.4, 0.5) is 10.5 Å². The third-order valence-corrected chi connectivity index (χ3v) is 3.59. The number of benzene rings is 2. The topological polar surface area (TPSA) is 50.4 Å². The van der Waals surface area contributed by atoms with Crippen LogP contribution >= 0.6 is 23.2 Å². The van der Waals surface area contributed by atoms with E-state index in [1.54, 1.807) is 30.3 Å². The van der Waals surface area contributed by atoms with E-state index in [1.807, 2.05) is 19.9 Å². The maximum Gasteiger partial charge on any atom is 0.319 e. The summed E-state index contributed by atoms with van der Waals surface area (Å²) in [6.07, 6.45) is 0.876. The van der Waals surface area contributed by atoms with Gasteiger partial charge in [-0.25, -0.2) is 4.79 Å². The summed E-state index contributed by atoms with van der Waals surface area (Å²) in [5.74, 6) is 1.19. The van der Waals surface area contributed by atoms with Gasteiger partial charge in [0, 0.05) is 17.3 Å². The lowest BCUT2D eigenvalue weighted by Crippen LogP contribution is -2.29. The molecule has 2 amide bonds. The van der Waals surface area contributed by atoms with Crippen molar-refractivity contribution in [2.24, 2.45) is 0 Å². The summed E-state index contributed by atoms with van der Waals surface area (Å²) in [6, 6.07) is 10.2. The molecule has 2 N–H and O–H groups in total. The van der Waals surface area contributed by atoms with E-state index in [0.717, 1.165) is 12.0 Å². The van der Waals surface area contributed by atoms with Crippen molar-refractivity contribution in [3.8, 4) is 11.5 Å². The van der Waals surface area contributed by atoms with Gasteiger partial charge in [-0.1, -0.05) is 30.1 Å². The number of hydrogen-bond donors (Lipinski definition) is 2. The monoisotopic (exact) mass is 352 g/mol. The van der Waals surface area contributed by atoms with Gasteiger partial charge in [-0.2, -0.15) is 0 Å². The zero-order valence-corrected chi connectivity index (χ0v) is 14.5. The summed E-state index contributed by atoms with van der Waals surface area (Å²) in [5, 5.41) is 6.55. The van der Waals surface area contributed by atoms with E-state index >= 15 is 0 Å². The average Bonchev–Trinajstić information content (AvgIpc) is 2.50. The fourth-order valence-electron chi connectivity index (χ4n) is 1.97. The van der Waals surface area contributed by atoms with E-state index in [1.165, 1.54) is 0 Å². The minimum absolute atomic E-state index is 0.256. The number of ether oxygens (including phenoxy) is 1. The van der Waals surface area contributed by atoms with Gasteiger partial charge >= 0.3 is 6.03 Å². The minimum Gasteiger partial charge on any atom is -0.456 e. The van der Waals surface area contributed by atoms with Gasteiger partial charge in [0.05, 0.1) is 5.02 Å². The van der Waals surface area contributed by atoms with Gasteiger partial charge in [0.1, 0.15) is 11.5 Å². The highest BCUT2D eigenvalue weighted by atomic mass is 35.5. The first-order valence-electron chi connectivity index (χ1n) is 7.28. The number of carbonyl (C=O) groups is 1. The maximum absolute atomic E-state index is 11.7. The summed E-state index contributed by atoms with van der Waals surface area (Å²) < 4.78 is 5.80. The normalized spacial score (nSPS) is 10.3. The number of halogens is 2. The van der Waals surface area contributed by atoms with Gasteiger partial charge in [-0.3, -0.25) is 0 Å². The molecule has 0 radical (unpaired) electrons. The number of aryl methyl sites for hydroxylation is 1. The number of amides is 2. The van der Waals surface area contributed by atoms with Crippen molar-refractivity contribution in [1.29, 1.82) is 0 Å². The van der Waals surface area contributed by atoms with Crippen molar-refractivity contribution < 1.29 is 9.53 Å². The maximum atomic E-state index is 11.7. The van der Waals surface area contributed by atoms with E-state index in [9.17, 15) is 4.79 Å². The molecule has 0 saturated heterocycles. The molecule has 122 valence electrons. The Labute approximate surface area is 145 Å². The highest BCUT2D eigenvalue weighted by molar-refractivity contribution is 6.32. The second-order valence-electron chi connectivity index (χ2n) is 5.04. The van der Waals surface area contributed by atoms with Crippen LogP contribution in [0.15, 0.2) is 36.4 Å². The Hall–Kier alpha value is -1.91. The van der Waals surface area contributed by atoms with Crippen LogP contribution in [0.25, 0.3) is 0 Å². The van der Waals surface area contributed by atoms with Crippen LogP contribution < -0.4 is 15.4 Å². The van der Waals surface area contributed by atoms with Crippen molar-refractivity contribution in [2.75, 3.05) is 11.9 Å². The Kier molecular flexibility index (Phi) is 6.13. The molecule has 0 bridgehead atoms. The summed E-state index contributed by atoms with van der Waals surface area (Å²) >= 11 is 12.1. The van der Waals surface area contributed by atoms with Crippen molar-refractivity contribution in [2.45, 2.75) is 20.3 Å². The Morgan fingerprint density at radius 2 is 1.87 bits per heavy atom. The zero-order valence-electron chi connectivity index (χ0n) is 13.0. The number of urea groups is 1. The summed E-state index contributed by atoms with van der Waals surface area (Å²) in [4.78, 5) is 11.7. The summed E-state index contributed by atoms with van der Waals surface area (Å²) in [6.45, 7) is 4.48. The number of anilines is 1. The van der Waals surface area contributed by atoms with E-state index in [4.69, 9.17) is 27.9 Å². The van der Waals surface area contributed by atoms with E-state index in [0.29, 0.717) is 33.8 Å². The predicted octanol–water partition coefficient (Wildman–Crippen LogP) is 5.63. The SMILES string of the molecule is CCCNC(=O)Nc1cc(C)c(Oc2ccc(Cl)cc2)c(Cl)c1. The molecule has 0 saturated carbocycles. The molecule has 0 spiro atoms. The molecule has 23 heavy (non-hydrogen) atoms. The smallest absolute Gasteiger partial charge is 0.319 e. The number of rotatable bonds is 5. The molecule has 0 aliphatic carbocycles. The first-order chi connectivity index (χ1) is 11.0. The van der Waals surface area contributed by atoms with Gasteiger partial charge in [0.2, 0.25) is 0 Å². The minimum atomic E-state index is -0.256. The van der Waals surface area contributed by atoms with Crippen LogP contribution in [-0.2, 0) is 0 Å². The second-order valence-corrected chi connectivity index (χ2v) is 5.88. The van der Waals surface area contributed by atoms with Crippen LogP contribution in [0.5, 0.6) is 11.5 Å². The van der Waals surface area contributed by atoms with Gasteiger partial charge in [0.25, 0.3) is 0 Å². The third-order valence-electron chi connectivity index (χ3n) is 3.06. The van der Waals surface area contributed by atoms with Gasteiger partial charge in [0.15, 0.2) is 0 Å². The molecule has 0 aliphatic heterocycles. The van der Waals surface area contributed by atoms with Gasteiger partial charge in [-0.15, -0.1) is 0 Å². The fraction of sp³-hybridized carbons (Fsp3) is 0.235. The molecule has 2 aromatic rings. The highest BCUT2D eigenvalue weighted by Gasteiger charge is 2.11. The van der Waals surface area contributed by atoms with Crippen LogP contribution in [0, 0.1) is 6.92 Å². The highest BCUT2D eigenvalue weighted by Crippen LogP contribution is 2.35. The molecule has 0 heterocycles. The average molecular weight is 353 g/mol. The van der Waals surface area contributed by atoms with E-state index < -0.39 is 0 Å². The van der Waals surface area contributed by atoms with Crippen molar-refractivity contribution in [1.82, 2.24) is 5.32 Å². The number of carbonyl (C=O) groups excluding carboxylic acids is 1. The zero-order chi connectivity index (χ0) is 16.8. The Balaban J connectivity index is 2.13. The van der Waals surface area contributed by atoms with Crippen LogP contribution in [0.1, 0.15) is 18.9 Å². The van der Waals surface area contributed by atoms with Crippen molar-refractivity contribution in [3.63, 3.8) is 0 Å². The molecule has 0 fully saturated rings. The van der Waals surface area contributed by atoms with Gasteiger partial charge < -0.3 is 15.4 Å². The van der Waals surface area contributed by atoms with E-state index in [2.05, 4.69) is 10.6 Å². The quantitative estimate of drug-likeness (QED) is 0.732. The molecule has 2 aromatic carbocycles. The first kappa shape index (κ1) is 17.4. The lowest BCUT2D eigenvalue weighted by Gasteiger charge is -2.13. The summed E-state index contributed by atoms with van der Waals surface area (Å²) in [7, 11) is 0. The molecule has 0 aliphatic rings. The van der Waals surface area contributed by atoms with Crippen LogP contribution in [0.2, 0.25) is 10.0 Å². The number of hydrogen-bond acceptors (Lipinski definition) is 2. The fourth-order valence-corrected chi connectivity index (χ4v) is 2.40. The molecule has 0 aromatic heterocycles. The molecule has 4 nitrogen and oxygen atoms in total. The standard InChI is InChI=1S/C17H18Cl2N2O2/c1-3-8-20-17(22)21-13-9-11(2)16(15(19)10-13)23-14-6-4-12(18)5-7-14/h4-7,9-10H,3,8H2,1-2H3,(H2,20,21,22). The molecule has 0 unspecified atom stereocenters. The lowest BCUT2D eigenvalue weighted by molar-refractivity contribution is 0.252. The Bertz CT molecular complexity index is 664. The third kappa shape index (κ3) is 5.05.